The Balaban J connectivity index is 2.64. The Morgan fingerprint density at radius 2 is 2.00 bits per heavy atom. The monoisotopic (exact) mass is 212 g/mol. The standard InChI is InChI=1S/C12H20O3/c1-8-5-6-10(7-11(8)14)12(3,4)15-9(2)13/h8,10H,5-7H2,1-4H3. The fraction of sp³-hybridized carbons (Fsp3) is 0.833. The summed E-state index contributed by atoms with van der Waals surface area (Å²) in [6.07, 6.45) is 2.42. The van der Waals surface area contributed by atoms with Crippen molar-refractivity contribution in [3.63, 3.8) is 0 Å². The van der Waals surface area contributed by atoms with Crippen molar-refractivity contribution in [1.29, 1.82) is 0 Å². The molecular formula is C12H20O3. The topological polar surface area (TPSA) is 43.4 Å². The molecule has 0 heterocycles. The second-order valence-corrected chi connectivity index (χ2v) is 5.04. The van der Waals surface area contributed by atoms with E-state index in [1.54, 1.807) is 0 Å². The molecule has 0 N–H and O–H groups in total. The van der Waals surface area contributed by atoms with Crippen LogP contribution in [0.15, 0.2) is 0 Å². The first-order valence-corrected chi connectivity index (χ1v) is 5.55. The highest BCUT2D eigenvalue weighted by atomic mass is 16.6. The second-order valence-electron chi connectivity index (χ2n) is 5.04. The van der Waals surface area contributed by atoms with Gasteiger partial charge in [0, 0.05) is 25.2 Å². The van der Waals surface area contributed by atoms with Crippen LogP contribution in [-0.4, -0.2) is 17.4 Å². The number of esters is 1. The molecule has 2 atom stereocenters. The highest BCUT2D eigenvalue weighted by Crippen LogP contribution is 2.35. The first-order valence-electron chi connectivity index (χ1n) is 5.55. The van der Waals surface area contributed by atoms with Gasteiger partial charge in [-0.3, -0.25) is 9.59 Å². The van der Waals surface area contributed by atoms with E-state index in [4.69, 9.17) is 4.74 Å². The summed E-state index contributed by atoms with van der Waals surface area (Å²) in [5.41, 5.74) is -0.512. The number of hydrogen-bond acceptors (Lipinski definition) is 3. The van der Waals surface area contributed by atoms with Crippen LogP contribution in [0.2, 0.25) is 0 Å². The fourth-order valence-electron chi connectivity index (χ4n) is 2.21. The first kappa shape index (κ1) is 12.2. The van der Waals surface area contributed by atoms with Gasteiger partial charge in [-0.05, 0) is 26.7 Å². The van der Waals surface area contributed by atoms with Crippen molar-refractivity contribution in [1.82, 2.24) is 0 Å². The van der Waals surface area contributed by atoms with E-state index in [0.717, 1.165) is 12.8 Å². The number of hydrogen-bond donors (Lipinski definition) is 0. The fourth-order valence-corrected chi connectivity index (χ4v) is 2.21. The number of rotatable bonds is 2. The number of ether oxygens (including phenoxy) is 1. The van der Waals surface area contributed by atoms with E-state index < -0.39 is 5.60 Å². The lowest BCUT2D eigenvalue weighted by molar-refractivity contribution is -0.162. The van der Waals surface area contributed by atoms with Gasteiger partial charge in [-0.1, -0.05) is 6.92 Å². The van der Waals surface area contributed by atoms with E-state index in [1.807, 2.05) is 20.8 Å². The van der Waals surface area contributed by atoms with Gasteiger partial charge in [0.15, 0.2) is 0 Å². The van der Waals surface area contributed by atoms with Gasteiger partial charge < -0.3 is 4.74 Å². The van der Waals surface area contributed by atoms with Gasteiger partial charge in [0.05, 0.1) is 0 Å². The molecule has 0 saturated heterocycles. The number of carbonyl (C=O) groups is 2. The lowest BCUT2D eigenvalue weighted by Crippen LogP contribution is -2.40. The highest BCUT2D eigenvalue weighted by Gasteiger charge is 2.37. The maximum atomic E-state index is 11.6. The van der Waals surface area contributed by atoms with Crippen LogP contribution < -0.4 is 0 Å². The van der Waals surface area contributed by atoms with Crippen LogP contribution in [-0.2, 0) is 14.3 Å². The smallest absolute Gasteiger partial charge is 0.303 e. The van der Waals surface area contributed by atoms with Crippen molar-refractivity contribution in [3.8, 4) is 0 Å². The van der Waals surface area contributed by atoms with Crippen LogP contribution in [0, 0.1) is 11.8 Å². The number of carbonyl (C=O) groups excluding carboxylic acids is 2. The molecule has 1 rings (SSSR count). The average molecular weight is 212 g/mol. The Morgan fingerprint density at radius 1 is 1.40 bits per heavy atom. The third-order valence-electron chi connectivity index (χ3n) is 3.34. The average Bonchev–Trinajstić information content (AvgIpc) is 2.07. The molecule has 1 aliphatic carbocycles. The maximum absolute atomic E-state index is 11.6. The van der Waals surface area contributed by atoms with E-state index in [0.29, 0.717) is 12.2 Å². The molecule has 3 heteroatoms. The highest BCUT2D eigenvalue weighted by molar-refractivity contribution is 5.81. The zero-order valence-electron chi connectivity index (χ0n) is 10.0. The first-order chi connectivity index (χ1) is 6.83. The van der Waals surface area contributed by atoms with E-state index in [1.165, 1.54) is 6.92 Å². The molecule has 1 saturated carbocycles. The van der Waals surface area contributed by atoms with Crippen LogP contribution in [0.25, 0.3) is 0 Å². The molecule has 0 aromatic carbocycles. The Hall–Kier alpha value is -0.860. The largest absolute Gasteiger partial charge is 0.460 e. The van der Waals surface area contributed by atoms with Crippen molar-refractivity contribution in [2.45, 2.75) is 52.6 Å². The number of ketones is 1. The SMILES string of the molecule is CC(=O)OC(C)(C)C1CCC(C)C(=O)C1. The van der Waals surface area contributed by atoms with Crippen LogP contribution in [0.1, 0.15) is 47.0 Å². The predicted octanol–water partition coefficient (Wildman–Crippen LogP) is 2.33. The third kappa shape index (κ3) is 3.05. The quantitative estimate of drug-likeness (QED) is 0.660. The van der Waals surface area contributed by atoms with E-state index in [2.05, 4.69) is 0 Å². The van der Waals surface area contributed by atoms with Crippen molar-refractivity contribution in [2.24, 2.45) is 11.8 Å². The lowest BCUT2D eigenvalue weighted by Gasteiger charge is -2.37. The Kier molecular flexibility index (Phi) is 3.53. The molecule has 0 radical (unpaired) electrons. The van der Waals surface area contributed by atoms with Gasteiger partial charge in [-0.25, -0.2) is 0 Å². The molecule has 1 fully saturated rings. The van der Waals surface area contributed by atoms with Crippen LogP contribution in [0.3, 0.4) is 0 Å². The summed E-state index contributed by atoms with van der Waals surface area (Å²) in [7, 11) is 0. The van der Waals surface area contributed by atoms with E-state index >= 15 is 0 Å². The molecule has 2 unspecified atom stereocenters. The molecule has 0 bridgehead atoms. The van der Waals surface area contributed by atoms with Crippen LogP contribution in [0.4, 0.5) is 0 Å². The summed E-state index contributed by atoms with van der Waals surface area (Å²) in [4.78, 5) is 22.5. The Morgan fingerprint density at radius 3 is 2.47 bits per heavy atom. The summed E-state index contributed by atoms with van der Waals surface area (Å²) in [6, 6.07) is 0. The molecule has 3 nitrogen and oxygen atoms in total. The number of Topliss-reactive ketones (excluding diaryl/α,β-unsaturated/α-hetero) is 1. The van der Waals surface area contributed by atoms with Gasteiger partial charge in [-0.2, -0.15) is 0 Å². The Bertz CT molecular complexity index is 268. The summed E-state index contributed by atoms with van der Waals surface area (Å²) in [5, 5.41) is 0. The molecule has 0 spiro atoms. The van der Waals surface area contributed by atoms with Gasteiger partial charge in [0.25, 0.3) is 0 Å². The summed E-state index contributed by atoms with van der Waals surface area (Å²) < 4.78 is 5.27. The van der Waals surface area contributed by atoms with Crippen molar-refractivity contribution in [2.75, 3.05) is 0 Å². The zero-order chi connectivity index (χ0) is 11.6. The minimum Gasteiger partial charge on any atom is -0.460 e. The van der Waals surface area contributed by atoms with Gasteiger partial charge in [0.1, 0.15) is 11.4 Å². The maximum Gasteiger partial charge on any atom is 0.303 e. The van der Waals surface area contributed by atoms with Crippen molar-refractivity contribution < 1.29 is 14.3 Å². The minimum atomic E-state index is -0.512. The molecule has 0 amide bonds. The second kappa shape index (κ2) is 4.33. The van der Waals surface area contributed by atoms with Gasteiger partial charge >= 0.3 is 5.97 Å². The molecular weight excluding hydrogens is 192 g/mol. The summed E-state index contributed by atoms with van der Waals surface area (Å²) in [5.74, 6) is 0.372. The minimum absolute atomic E-state index is 0.171. The van der Waals surface area contributed by atoms with Crippen LogP contribution in [0.5, 0.6) is 0 Å². The third-order valence-corrected chi connectivity index (χ3v) is 3.34. The molecule has 0 aromatic rings. The van der Waals surface area contributed by atoms with E-state index in [-0.39, 0.29) is 17.8 Å². The van der Waals surface area contributed by atoms with Gasteiger partial charge in [0.2, 0.25) is 0 Å². The summed E-state index contributed by atoms with van der Waals surface area (Å²) >= 11 is 0. The van der Waals surface area contributed by atoms with Crippen molar-refractivity contribution >= 4 is 11.8 Å². The predicted molar refractivity (Wildman–Crippen MR) is 57.4 cm³/mol. The molecule has 15 heavy (non-hydrogen) atoms. The van der Waals surface area contributed by atoms with Crippen molar-refractivity contribution in [3.05, 3.63) is 0 Å². The molecule has 0 aliphatic heterocycles. The van der Waals surface area contributed by atoms with Crippen LogP contribution >= 0.6 is 0 Å². The normalized spacial score (nSPS) is 27.6. The zero-order valence-corrected chi connectivity index (χ0v) is 10.0. The lowest BCUT2D eigenvalue weighted by atomic mass is 9.74. The molecule has 1 aliphatic rings. The summed E-state index contributed by atoms with van der Waals surface area (Å²) in [6.45, 7) is 7.16. The molecule has 86 valence electrons. The molecule has 0 aromatic heterocycles. The van der Waals surface area contributed by atoms with Gasteiger partial charge in [-0.15, -0.1) is 0 Å². The Labute approximate surface area is 91.2 Å². The van der Waals surface area contributed by atoms with E-state index in [9.17, 15) is 9.59 Å².